The van der Waals surface area contributed by atoms with Crippen molar-refractivity contribution in [2.45, 2.75) is 25.9 Å². The monoisotopic (exact) mass is 260 g/mol. The molecule has 0 aliphatic rings. The number of aromatic hydroxyl groups is 1. The molecule has 0 fully saturated rings. The smallest absolute Gasteiger partial charge is 0.141 e. The van der Waals surface area contributed by atoms with Gasteiger partial charge in [-0.05, 0) is 43.7 Å². The fourth-order valence-corrected chi connectivity index (χ4v) is 1.99. The number of aromatic nitrogens is 1. The van der Waals surface area contributed by atoms with Crippen LogP contribution >= 0.6 is 0 Å². The van der Waals surface area contributed by atoms with Crippen LogP contribution in [0.4, 0.5) is 4.39 Å². The minimum absolute atomic E-state index is 0.00190. The average molecular weight is 260 g/mol. The molecule has 0 saturated carbocycles. The number of benzene rings is 1. The largest absolute Gasteiger partial charge is 0.508 e. The molecule has 19 heavy (non-hydrogen) atoms. The SMILES string of the molecule is CC(NC(C)c1ccc(F)cn1)c1cccc(O)c1. The summed E-state index contributed by atoms with van der Waals surface area (Å²) in [4.78, 5) is 4.06. The maximum absolute atomic E-state index is 12.8. The Bertz CT molecular complexity index is 542. The van der Waals surface area contributed by atoms with E-state index >= 15 is 0 Å². The van der Waals surface area contributed by atoms with Crippen molar-refractivity contribution in [2.75, 3.05) is 0 Å². The predicted octanol–water partition coefficient (Wildman–Crippen LogP) is 3.34. The van der Waals surface area contributed by atoms with Gasteiger partial charge in [-0.3, -0.25) is 4.98 Å². The summed E-state index contributed by atoms with van der Waals surface area (Å²) in [7, 11) is 0. The zero-order valence-electron chi connectivity index (χ0n) is 11.0. The van der Waals surface area contributed by atoms with Crippen LogP contribution < -0.4 is 5.32 Å². The van der Waals surface area contributed by atoms with Crippen molar-refractivity contribution < 1.29 is 9.50 Å². The number of nitrogens with zero attached hydrogens (tertiary/aromatic N) is 1. The number of phenolic OH excluding ortho intramolecular Hbond substituents is 1. The lowest BCUT2D eigenvalue weighted by molar-refractivity contribution is 0.464. The van der Waals surface area contributed by atoms with Crippen LogP contribution in [0.5, 0.6) is 5.75 Å². The van der Waals surface area contributed by atoms with Crippen LogP contribution in [0, 0.1) is 5.82 Å². The van der Waals surface area contributed by atoms with Crippen molar-refractivity contribution in [3.8, 4) is 5.75 Å². The highest BCUT2D eigenvalue weighted by atomic mass is 19.1. The van der Waals surface area contributed by atoms with Crippen molar-refractivity contribution in [3.63, 3.8) is 0 Å². The molecule has 0 aliphatic carbocycles. The second kappa shape index (κ2) is 5.80. The first-order chi connectivity index (χ1) is 9.06. The zero-order chi connectivity index (χ0) is 13.8. The molecule has 2 unspecified atom stereocenters. The van der Waals surface area contributed by atoms with E-state index in [-0.39, 0.29) is 23.7 Å². The summed E-state index contributed by atoms with van der Waals surface area (Å²) in [6.07, 6.45) is 1.21. The van der Waals surface area contributed by atoms with Crippen molar-refractivity contribution >= 4 is 0 Å². The van der Waals surface area contributed by atoms with Gasteiger partial charge in [-0.1, -0.05) is 12.1 Å². The van der Waals surface area contributed by atoms with E-state index in [0.29, 0.717) is 0 Å². The van der Waals surface area contributed by atoms with E-state index in [0.717, 1.165) is 11.3 Å². The van der Waals surface area contributed by atoms with Gasteiger partial charge in [-0.2, -0.15) is 0 Å². The molecule has 0 aliphatic heterocycles. The lowest BCUT2D eigenvalue weighted by Crippen LogP contribution is -2.23. The number of hydrogen-bond acceptors (Lipinski definition) is 3. The van der Waals surface area contributed by atoms with Crippen molar-refractivity contribution in [1.82, 2.24) is 10.3 Å². The Morgan fingerprint density at radius 1 is 1.16 bits per heavy atom. The minimum atomic E-state index is -0.336. The van der Waals surface area contributed by atoms with Gasteiger partial charge in [0.25, 0.3) is 0 Å². The van der Waals surface area contributed by atoms with Gasteiger partial charge < -0.3 is 10.4 Å². The molecule has 2 N–H and O–H groups in total. The van der Waals surface area contributed by atoms with Gasteiger partial charge in [-0.25, -0.2) is 4.39 Å². The molecule has 0 bridgehead atoms. The molecule has 2 aromatic rings. The van der Waals surface area contributed by atoms with Gasteiger partial charge in [0.15, 0.2) is 0 Å². The standard InChI is InChI=1S/C15H17FN2O/c1-10(12-4-3-5-14(19)8-12)18-11(2)15-7-6-13(16)9-17-15/h3-11,18-19H,1-2H3. The van der Waals surface area contributed by atoms with Crippen LogP contribution in [0.3, 0.4) is 0 Å². The number of hydrogen-bond donors (Lipinski definition) is 2. The molecule has 2 rings (SSSR count). The van der Waals surface area contributed by atoms with Gasteiger partial charge in [0.05, 0.1) is 11.9 Å². The Balaban J connectivity index is 2.06. The van der Waals surface area contributed by atoms with E-state index in [1.807, 2.05) is 26.0 Å². The molecule has 100 valence electrons. The molecule has 2 atom stereocenters. The number of pyridine rings is 1. The zero-order valence-corrected chi connectivity index (χ0v) is 11.0. The van der Waals surface area contributed by atoms with Crippen LogP contribution in [-0.4, -0.2) is 10.1 Å². The second-order valence-corrected chi connectivity index (χ2v) is 4.61. The third-order valence-corrected chi connectivity index (χ3v) is 3.06. The summed E-state index contributed by atoms with van der Waals surface area (Å²) in [6.45, 7) is 3.98. The maximum Gasteiger partial charge on any atom is 0.141 e. The molecule has 1 aromatic carbocycles. The van der Waals surface area contributed by atoms with Crippen LogP contribution in [0.15, 0.2) is 42.6 Å². The van der Waals surface area contributed by atoms with Gasteiger partial charge in [-0.15, -0.1) is 0 Å². The summed E-state index contributed by atoms with van der Waals surface area (Å²) in [5.74, 6) is -0.0873. The Hall–Kier alpha value is -1.94. The Morgan fingerprint density at radius 2 is 1.95 bits per heavy atom. The molecule has 0 radical (unpaired) electrons. The lowest BCUT2D eigenvalue weighted by Gasteiger charge is -2.20. The van der Waals surface area contributed by atoms with Gasteiger partial charge >= 0.3 is 0 Å². The molecule has 1 aromatic heterocycles. The fraction of sp³-hybridized carbons (Fsp3) is 0.267. The normalized spacial score (nSPS) is 14.1. The lowest BCUT2D eigenvalue weighted by atomic mass is 10.1. The Kier molecular flexibility index (Phi) is 4.12. The highest BCUT2D eigenvalue weighted by Gasteiger charge is 2.12. The number of nitrogens with one attached hydrogen (secondary N) is 1. The van der Waals surface area contributed by atoms with E-state index < -0.39 is 0 Å². The van der Waals surface area contributed by atoms with Crippen molar-refractivity contribution in [2.24, 2.45) is 0 Å². The third-order valence-electron chi connectivity index (χ3n) is 3.06. The summed E-state index contributed by atoms with van der Waals surface area (Å²) in [5.41, 5.74) is 1.78. The number of halogens is 1. The molecule has 0 saturated heterocycles. The second-order valence-electron chi connectivity index (χ2n) is 4.61. The quantitative estimate of drug-likeness (QED) is 0.886. The Morgan fingerprint density at radius 3 is 2.58 bits per heavy atom. The predicted molar refractivity (Wildman–Crippen MR) is 72.3 cm³/mol. The van der Waals surface area contributed by atoms with Crippen LogP contribution in [-0.2, 0) is 0 Å². The van der Waals surface area contributed by atoms with Gasteiger partial charge in [0.1, 0.15) is 11.6 Å². The molecule has 0 spiro atoms. The van der Waals surface area contributed by atoms with Crippen LogP contribution in [0.1, 0.15) is 37.2 Å². The molecule has 3 nitrogen and oxygen atoms in total. The topological polar surface area (TPSA) is 45.2 Å². The first kappa shape index (κ1) is 13.5. The van der Waals surface area contributed by atoms with E-state index in [4.69, 9.17) is 0 Å². The molecular formula is C15H17FN2O. The minimum Gasteiger partial charge on any atom is -0.508 e. The highest BCUT2D eigenvalue weighted by Crippen LogP contribution is 2.21. The average Bonchev–Trinajstić information content (AvgIpc) is 2.39. The molecule has 0 amide bonds. The van der Waals surface area contributed by atoms with Crippen LogP contribution in [0.25, 0.3) is 0 Å². The molecule has 1 heterocycles. The fourth-order valence-electron chi connectivity index (χ4n) is 1.99. The number of phenols is 1. The van der Waals surface area contributed by atoms with E-state index in [9.17, 15) is 9.50 Å². The third kappa shape index (κ3) is 3.51. The van der Waals surface area contributed by atoms with E-state index in [2.05, 4.69) is 10.3 Å². The number of rotatable bonds is 4. The summed E-state index contributed by atoms with van der Waals surface area (Å²) in [5, 5.41) is 12.8. The van der Waals surface area contributed by atoms with Crippen LogP contribution in [0.2, 0.25) is 0 Å². The van der Waals surface area contributed by atoms with Crippen molar-refractivity contribution in [3.05, 3.63) is 59.7 Å². The van der Waals surface area contributed by atoms with Gasteiger partial charge in [0, 0.05) is 12.1 Å². The summed E-state index contributed by atoms with van der Waals surface area (Å²) in [6, 6.07) is 10.3. The Labute approximate surface area is 112 Å². The summed E-state index contributed by atoms with van der Waals surface area (Å²) < 4.78 is 12.8. The highest BCUT2D eigenvalue weighted by molar-refractivity contribution is 5.29. The molecule has 4 heteroatoms. The summed E-state index contributed by atoms with van der Waals surface area (Å²) >= 11 is 0. The van der Waals surface area contributed by atoms with Gasteiger partial charge in [0.2, 0.25) is 0 Å². The first-order valence-corrected chi connectivity index (χ1v) is 6.22. The molecular weight excluding hydrogens is 243 g/mol. The van der Waals surface area contributed by atoms with Crippen molar-refractivity contribution in [1.29, 1.82) is 0 Å². The van der Waals surface area contributed by atoms with E-state index in [1.54, 1.807) is 18.2 Å². The van der Waals surface area contributed by atoms with E-state index in [1.165, 1.54) is 12.3 Å². The first-order valence-electron chi connectivity index (χ1n) is 6.22. The maximum atomic E-state index is 12.8.